The Morgan fingerprint density at radius 3 is 2.73 bits per heavy atom. The van der Waals surface area contributed by atoms with Crippen LogP contribution in [0.4, 0.5) is 5.69 Å². The molecule has 1 aromatic rings. The minimum absolute atomic E-state index is 0.0929. The molecule has 3 rings (SSSR count). The molecule has 0 radical (unpaired) electrons. The second-order valence-electron chi connectivity index (χ2n) is 6.38. The van der Waals surface area contributed by atoms with Crippen molar-refractivity contribution in [1.29, 1.82) is 0 Å². The third kappa shape index (κ3) is 4.25. The van der Waals surface area contributed by atoms with Crippen LogP contribution in [0.15, 0.2) is 18.2 Å². The van der Waals surface area contributed by atoms with Crippen molar-refractivity contribution in [2.75, 3.05) is 31.2 Å². The predicted molar refractivity (Wildman–Crippen MR) is 92.4 cm³/mol. The van der Waals surface area contributed by atoms with Crippen molar-refractivity contribution >= 4 is 23.5 Å². The van der Waals surface area contributed by atoms with Crippen LogP contribution in [0.5, 0.6) is 11.5 Å². The molecular formula is C18H22N2O6. The first-order valence-electron chi connectivity index (χ1n) is 8.74. The van der Waals surface area contributed by atoms with Crippen LogP contribution < -0.4 is 19.7 Å². The Morgan fingerprint density at radius 2 is 1.96 bits per heavy atom. The highest BCUT2D eigenvalue weighted by Gasteiger charge is 2.35. The van der Waals surface area contributed by atoms with Crippen LogP contribution in [-0.4, -0.2) is 49.2 Å². The second-order valence-corrected chi connectivity index (χ2v) is 6.38. The van der Waals surface area contributed by atoms with Gasteiger partial charge in [0.25, 0.3) is 0 Å². The Balaban J connectivity index is 1.53. The fourth-order valence-electron chi connectivity index (χ4n) is 3.09. The molecule has 8 nitrogen and oxygen atoms in total. The zero-order valence-electron chi connectivity index (χ0n) is 14.4. The molecular weight excluding hydrogens is 340 g/mol. The summed E-state index contributed by atoms with van der Waals surface area (Å²) in [7, 11) is 0. The summed E-state index contributed by atoms with van der Waals surface area (Å²) in [6.07, 6.45) is 1.37. The van der Waals surface area contributed by atoms with E-state index in [4.69, 9.17) is 14.6 Å². The van der Waals surface area contributed by atoms with Crippen LogP contribution in [0.1, 0.15) is 25.7 Å². The number of carboxylic acids is 1. The smallest absolute Gasteiger partial charge is 0.303 e. The van der Waals surface area contributed by atoms with Gasteiger partial charge in [0.05, 0.1) is 5.92 Å². The summed E-state index contributed by atoms with van der Waals surface area (Å²) in [4.78, 5) is 36.6. The molecule has 2 amide bonds. The van der Waals surface area contributed by atoms with Gasteiger partial charge in [0.1, 0.15) is 13.2 Å². The van der Waals surface area contributed by atoms with Gasteiger partial charge in [0, 0.05) is 37.7 Å². The van der Waals surface area contributed by atoms with E-state index in [0.717, 1.165) is 0 Å². The van der Waals surface area contributed by atoms with E-state index in [1.807, 2.05) is 0 Å². The molecule has 0 spiro atoms. The Hall–Kier alpha value is -2.77. The van der Waals surface area contributed by atoms with Gasteiger partial charge in [0.2, 0.25) is 11.8 Å². The lowest BCUT2D eigenvalue weighted by atomic mass is 10.1. The van der Waals surface area contributed by atoms with Crippen molar-refractivity contribution in [3.05, 3.63) is 18.2 Å². The molecule has 1 aromatic carbocycles. The van der Waals surface area contributed by atoms with Crippen molar-refractivity contribution in [3.63, 3.8) is 0 Å². The molecule has 1 fully saturated rings. The number of ether oxygens (including phenoxy) is 2. The van der Waals surface area contributed by atoms with Gasteiger partial charge in [-0.1, -0.05) is 0 Å². The predicted octanol–water partition coefficient (Wildman–Crippen LogP) is 1.18. The third-order valence-electron chi connectivity index (χ3n) is 4.45. The summed E-state index contributed by atoms with van der Waals surface area (Å²) in [5.41, 5.74) is 0.691. The number of nitrogens with zero attached hydrogens (tertiary/aromatic N) is 1. The summed E-state index contributed by atoms with van der Waals surface area (Å²) in [6.45, 7) is 1.71. The highest BCUT2D eigenvalue weighted by Crippen LogP contribution is 2.35. The number of carbonyl (C=O) groups excluding carboxylic acids is 2. The van der Waals surface area contributed by atoms with Crippen LogP contribution in [0, 0.1) is 5.92 Å². The van der Waals surface area contributed by atoms with E-state index < -0.39 is 11.9 Å². The zero-order chi connectivity index (χ0) is 18.5. The van der Waals surface area contributed by atoms with Crippen molar-refractivity contribution in [2.24, 2.45) is 5.92 Å². The summed E-state index contributed by atoms with van der Waals surface area (Å²) >= 11 is 0. The number of rotatable bonds is 7. The molecule has 140 valence electrons. The molecule has 2 N–H and O–H groups in total. The fourth-order valence-corrected chi connectivity index (χ4v) is 3.09. The second kappa shape index (κ2) is 8.07. The largest absolute Gasteiger partial charge is 0.486 e. The average Bonchev–Trinajstić information content (AvgIpc) is 3.02. The monoisotopic (exact) mass is 362 g/mol. The maximum absolute atomic E-state index is 12.3. The molecule has 2 heterocycles. The minimum Gasteiger partial charge on any atom is -0.486 e. The number of aliphatic carboxylic acids is 1. The third-order valence-corrected chi connectivity index (χ3v) is 4.45. The molecule has 0 aromatic heterocycles. The lowest BCUT2D eigenvalue weighted by molar-refractivity contribution is -0.137. The molecule has 0 bridgehead atoms. The van der Waals surface area contributed by atoms with Crippen LogP contribution in [0.2, 0.25) is 0 Å². The van der Waals surface area contributed by atoms with Gasteiger partial charge in [-0.2, -0.15) is 0 Å². The Bertz CT molecular complexity index is 705. The first-order chi connectivity index (χ1) is 12.5. The molecule has 1 saturated heterocycles. The van der Waals surface area contributed by atoms with E-state index in [1.54, 1.807) is 23.1 Å². The summed E-state index contributed by atoms with van der Waals surface area (Å²) < 4.78 is 11.0. The van der Waals surface area contributed by atoms with E-state index in [1.165, 1.54) is 0 Å². The van der Waals surface area contributed by atoms with Crippen LogP contribution in [0.25, 0.3) is 0 Å². The van der Waals surface area contributed by atoms with Crippen LogP contribution in [0.3, 0.4) is 0 Å². The topological polar surface area (TPSA) is 105 Å². The van der Waals surface area contributed by atoms with Gasteiger partial charge in [0.15, 0.2) is 11.5 Å². The molecule has 0 aliphatic carbocycles. The van der Waals surface area contributed by atoms with Crippen LogP contribution >= 0.6 is 0 Å². The number of fused-ring (bicyclic) bond motifs is 1. The summed E-state index contributed by atoms with van der Waals surface area (Å²) in [5.74, 6) is -0.264. The van der Waals surface area contributed by atoms with E-state index >= 15 is 0 Å². The maximum Gasteiger partial charge on any atom is 0.303 e. The highest BCUT2D eigenvalue weighted by atomic mass is 16.6. The SMILES string of the molecule is O=C(O)CCCCNC(=O)C1CC(=O)N(c2ccc3c(c2)OCCO3)C1. The number of hydrogen-bond acceptors (Lipinski definition) is 5. The summed E-state index contributed by atoms with van der Waals surface area (Å²) in [6, 6.07) is 5.32. The number of nitrogens with one attached hydrogen (secondary N) is 1. The molecule has 8 heteroatoms. The molecule has 0 saturated carbocycles. The number of benzene rings is 1. The van der Waals surface area contributed by atoms with Crippen molar-refractivity contribution < 1.29 is 29.0 Å². The van der Waals surface area contributed by atoms with Gasteiger partial charge < -0.3 is 24.8 Å². The van der Waals surface area contributed by atoms with E-state index in [9.17, 15) is 14.4 Å². The number of carboxylic acid groups (broad SMARTS) is 1. The van der Waals surface area contributed by atoms with E-state index in [2.05, 4.69) is 5.32 Å². The molecule has 1 atom stereocenters. The van der Waals surface area contributed by atoms with Crippen molar-refractivity contribution in [2.45, 2.75) is 25.7 Å². The number of hydrogen-bond donors (Lipinski definition) is 2. The number of carbonyl (C=O) groups is 3. The van der Waals surface area contributed by atoms with E-state index in [0.29, 0.717) is 56.3 Å². The van der Waals surface area contributed by atoms with Gasteiger partial charge in [-0.3, -0.25) is 14.4 Å². The van der Waals surface area contributed by atoms with Gasteiger partial charge in [-0.05, 0) is 25.0 Å². The quantitative estimate of drug-likeness (QED) is 0.706. The summed E-state index contributed by atoms with van der Waals surface area (Å²) in [5, 5.41) is 11.4. The molecule has 2 aliphatic heterocycles. The van der Waals surface area contributed by atoms with Crippen molar-refractivity contribution in [3.8, 4) is 11.5 Å². The number of unbranched alkanes of at least 4 members (excludes halogenated alkanes) is 1. The lowest BCUT2D eigenvalue weighted by Crippen LogP contribution is -2.33. The van der Waals surface area contributed by atoms with Gasteiger partial charge >= 0.3 is 5.97 Å². The normalized spacial score (nSPS) is 18.7. The first-order valence-corrected chi connectivity index (χ1v) is 8.74. The highest BCUT2D eigenvalue weighted by molar-refractivity contribution is 6.00. The Morgan fingerprint density at radius 1 is 1.19 bits per heavy atom. The molecule has 1 unspecified atom stereocenters. The van der Waals surface area contributed by atoms with Crippen LogP contribution in [-0.2, 0) is 14.4 Å². The van der Waals surface area contributed by atoms with Gasteiger partial charge in [-0.15, -0.1) is 0 Å². The average molecular weight is 362 g/mol. The Labute approximate surface area is 151 Å². The zero-order valence-corrected chi connectivity index (χ0v) is 14.4. The minimum atomic E-state index is -0.840. The first kappa shape index (κ1) is 18.0. The molecule has 26 heavy (non-hydrogen) atoms. The standard InChI is InChI=1S/C18H22N2O6/c21-16-9-12(18(24)19-6-2-1-3-17(22)23)11-20(16)13-4-5-14-15(10-13)26-8-7-25-14/h4-5,10,12H,1-3,6-9,11H2,(H,19,24)(H,22,23). The lowest BCUT2D eigenvalue weighted by Gasteiger charge is -2.22. The Kier molecular flexibility index (Phi) is 5.60. The van der Waals surface area contributed by atoms with Crippen molar-refractivity contribution in [1.82, 2.24) is 5.32 Å². The maximum atomic E-state index is 12.3. The van der Waals surface area contributed by atoms with E-state index in [-0.39, 0.29) is 24.7 Å². The number of amides is 2. The number of anilines is 1. The fraction of sp³-hybridized carbons (Fsp3) is 0.500. The molecule has 2 aliphatic rings. The van der Waals surface area contributed by atoms with Gasteiger partial charge in [-0.25, -0.2) is 0 Å².